The lowest BCUT2D eigenvalue weighted by atomic mass is 9.73. The quantitative estimate of drug-likeness (QED) is 0.737. The fraction of sp³-hybridized carbons (Fsp3) is 0.667. The van der Waals surface area contributed by atoms with Crippen molar-refractivity contribution in [3.8, 4) is 0 Å². The zero-order valence-corrected chi connectivity index (χ0v) is 16.4. The standard InChI is InChI=1S/C21H29NO3.ClH/c1-2-11-25-21(23)15-8-9-18-17(13-15)20-16(10-12-24-20)19(22-18)14-6-4-3-5-7-14;/h8-9,13-14,16,19-20,22H,2-7,10-12H2,1H3;1H/t16-,19-,20-;/m0./s1. The van der Waals surface area contributed by atoms with Gasteiger partial charge < -0.3 is 14.8 Å². The predicted molar refractivity (Wildman–Crippen MR) is 105 cm³/mol. The van der Waals surface area contributed by atoms with Crippen molar-refractivity contribution in [1.82, 2.24) is 0 Å². The van der Waals surface area contributed by atoms with Crippen LogP contribution in [0.25, 0.3) is 0 Å². The number of hydrogen-bond donors (Lipinski definition) is 1. The van der Waals surface area contributed by atoms with E-state index in [4.69, 9.17) is 9.47 Å². The van der Waals surface area contributed by atoms with Gasteiger partial charge in [0, 0.05) is 29.8 Å². The zero-order valence-electron chi connectivity index (χ0n) is 15.5. The van der Waals surface area contributed by atoms with Gasteiger partial charge in [-0.25, -0.2) is 4.79 Å². The smallest absolute Gasteiger partial charge is 0.338 e. The molecule has 3 atom stereocenters. The number of fused-ring (bicyclic) bond motifs is 3. The third-order valence-electron chi connectivity index (χ3n) is 6.11. The molecule has 3 aliphatic rings. The summed E-state index contributed by atoms with van der Waals surface area (Å²) < 4.78 is 11.4. The number of nitrogens with one attached hydrogen (secondary N) is 1. The Morgan fingerprint density at radius 1 is 1.23 bits per heavy atom. The molecule has 0 amide bonds. The van der Waals surface area contributed by atoms with Gasteiger partial charge in [-0.15, -0.1) is 12.4 Å². The molecule has 1 saturated carbocycles. The number of anilines is 1. The number of benzene rings is 1. The molecule has 1 aromatic carbocycles. The number of ether oxygens (including phenoxy) is 2. The SMILES string of the molecule is CCCOC(=O)c1ccc2c(c1)[C@H]1OCC[C@H]1[C@H](C1CCCCC1)N2.Cl. The summed E-state index contributed by atoms with van der Waals surface area (Å²) in [5.41, 5.74) is 2.92. The highest BCUT2D eigenvalue weighted by molar-refractivity contribution is 5.90. The van der Waals surface area contributed by atoms with Crippen LogP contribution in [0.5, 0.6) is 0 Å². The number of carbonyl (C=O) groups excluding carboxylic acids is 1. The third-order valence-corrected chi connectivity index (χ3v) is 6.11. The highest BCUT2D eigenvalue weighted by atomic mass is 35.5. The lowest BCUT2D eigenvalue weighted by Gasteiger charge is -2.42. The average Bonchev–Trinajstić information content (AvgIpc) is 3.16. The van der Waals surface area contributed by atoms with E-state index in [0.717, 1.165) is 36.6 Å². The van der Waals surface area contributed by atoms with Crippen LogP contribution >= 0.6 is 12.4 Å². The first kappa shape index (κ1) is 19.5. The van der Waals surface area contributed by atoms with Crippen LogP contribution in [-0.2, 0) is 9.47 Å². The van der Waals surface area contributed by atoms with E-state index in [1.54, 1.807) is 0 Å². The molecule has 0 unspecified atom stereocenters. The Labute approximate surface area is 162 Å². The van der Waals surface area contributed by atoms with Crippen molar-refractivity contribution in [3.05, 3.63) is 29.3 Å². The van der Waals surface area contributed by atoms with E-state index < -0.39 is 0 Å². The number of hydrogen-bond acceptors (Lipinski definition) is 4. The number of esters is 1. The summed E-state index contributed by atoms with van der Waals surface area (Å²) in [4.78, 5) is 12.2. The first-order chi connectivity index (χ1) is 12.3. The molecule has 2 fully saturated rings. The molecule has 1 N–H and O–H groups in total. The van der Waals surface area contributed by atoms with Crippen molar-refractivity contribution >= 4 is 24.1 Å². The number of carbonyl (C=O) groups is 1. The van der Waals surface area contributed by atoms with Crippen LogP contribution in [0.15, 0.2) is 18.2 Å². The van der Waals surface area contributed by atoms with Gasteiger partial charge in [0.2, 0.25) is 0 Å². The molecule has 1 aliphatic carbocycles. The maximum atomic E-state index is 12.2. The second-order valence-corrected chi connectivity index (χ2v) is 7.75. The Kier molecular flexibility index (Phi) is 6.46. The molecule has 4 rings (SSSR count). The lowest BCUT2D eigenvalue weighted by Crippen LogP contribution is -2.42. The molecule has 144 valence electrons. The van der Waals surface area contributed by atoms with Crippen LogP contribution in [0, 0.1) is 11.8 Å². The Bertz CT molecular complexity index is 630. The van der Waals surface area contributed by atoms with Crippen molar-refractivity contribution in [2.24, 2.45) is 11.8 Å². The van der Waals surface area contributed by atoms with Crippen LogP contribution in [0.4, 0.5) is 5.69 Å². The van der Waals surface area contributed by atoms with Gasteiger partial charge >= 0.3 is 5.97 Å². The summed E-state index contributed by atoms with van der Waals surface area (Å²) in [5, 5.41) is 3.82. The summed E-state index contributed by atoms with van der Waals surface area (Å²) >= 11 is 0. The Morgan fingerprint density at radius 2 is 2.04 bits per heavy atom. The van der Waals surface area contributed by atoms with Gasteiger partial charge in [0.1, 0.15) is 0 Å². The first-order valence-electron chi connectivity index (χ1n) is 9.97. The zero-order chi connectivity index (χ0) is 17.2. The van der Waals surface area contributed by atoms with Crippen LogP contribution in [0.3, 0.4) is 0 Å². The first-order valence-corrected chi connectivity index (χ1v) is 9.97. The summed E-state index contributed by atoms with van der Waals surface area (Å²) in [6, 6.07) is 6.43. The minimum atomic E-state index is -0.228. The van der Waals surface area contributed by atoms with Gasteiger partial charge in [-0.05, 0) is 49.8 Å². The van der Waals surface area contributed by atoms with Crippen molar-refractivity contribution < 1.29 is 14.3 Å². The van der Waals surface area contributed by atoms with Gasteiger partial charge in [0.05, 0.1) is 18.3 Å². The molecular weight excluding hydrogens is 350 g/mol. The van der Waals surface area contributed by atoms with Crippen LogP contribution in [0.2, 0.25) is 0 Å². The molecule has 2 aliphatic heterocycles. The molecule has 1 saturated heterocycles. The van der Waals surface area contributed by atoms with E-state index in [9.17, 15) is 4.79 Å². The van der Waals surface area contributed by atoms with E-state index in [1.165, 1.54) is 32.1 Å². The molecule has 5 heteroatoms. The highest BCUT2D eigenvalue weighted by Crippen LogP contribution is 2.48. The van der Waals surface area contributed by atoms with E-state index in [1.807, 2.05) is 25.1 Å². The van der Waals surface area contributed by atoms with Gasteiger partial charge in [-0.3, -0.25) is 0 Å². The van der Waals surface area contributed by atoms with E-state index in [2.05, 4.69) is 5.32 Å². The summed E-state index contributed by atoms with van der Waals surface area (Å²) in [7, 11) is 0. The number of halogens is 1. The topological polar surface area (TPSA) is 47.6 Å². The molecule has 0 aromatic heterocycles. The molecule has 0 spiro atoms. The Balaban J connectivity index is 0.00000196. The van der Waals surface area contributed by atoms with Crippen molar-refractivity contribution in [1.29, 1.82) is 0 Å². The van der Waals surface area contributed by atoms with E-state index in [0.29, 0.717) is 24.1 Å². The normalized spacial score (nSPS) is 27.7. The van der Waals surface area contributed by atoms with Crippen molar-refractivity contribution in [2.45, 2.75) is 64.0 Å². The highest BCUT2D eigenvalue weighted by Gasteiger charge is 2.44. The largest absolute Gasteiger partial charge is 0.462 e. The Morgan fingerprint density at radius 3 is 2.81 bits per heavy atom. The van der Waals surface area contributed by atoms with Crippen LogP contribution in [-0.4, -0.2) is 25.2 Å². The predicted octanol–water partition coefficient (Wildman–Crippen LogP) is 5.13. The summed E-state index contributed by atoms with van der Waals surface area (Å²) in [6.07, 6.45) is 8.84. The van der Waals surface area contributed by atoms with E-state index in [-0.39, 0.29) is 24.5 Å². The molecule has 4 nitrogen and oxygen atoms in total. The van der Waals surface area contributed by atoms with Gasteiger partial charge in [-0.2, -0.15) is 0 Å². The second kappa shape index (κ2) is 8.62. The fourth-order valence-electron chi connectivity index (χ4n) is 4.88. The molecule has 2 heterocycles. The molecular formula is C21H30ClNO3. The second-order valence-electron chi connectivity index (χ2n) is 7.75. The Hall–Kier alpha value is -1.26. The maximum absolute atomic E-state index is 12.2. The van der Waals surface area contributed by atoms with Crippen LogP contribution < -0.4 is 5.32 Å². The van der Waals surface area contributed by atoms with Crippen LogP contribution in [0.1, 0.15) is 73.9 Å². The minimum Gasteiger partial charge on any atom is -0.462 e. The third kappa shape index (κ3) is 3.72. The molecule has 26 heavy (non-hydrogen) atoms. The summed E-state index contributed by atoms with van der Waals surface area (Å²) in [6.45, 7) is 3.30. The van der Waals surface area contributed by atoms with Crippen molar-refractivity contribution in [3.63, 3.8) is 0 Å². The molecule has 0 bridgehead atoms. The maximum Gasteiger partial charge on any atom is 0.338 e. The molecule has 1 aromatic rings. The van der Waals surface area contributed by atoms with Crippen molar-refractivity contribution in [2.75, 3.05) is 18.5 Å². The van der Waals surface area contributed by atoms with E-state index >= 15 is 0 Å². The minimum absolute atomic E-state index is 0. The van der Waals surface area contributed by atoms with Gasteiger partial charge in [-0.1, -0.05) is 26.2 Å². The lowest BCUT2D eigenvalue weighted by molar-refractivity contribution is 0.0503. The fourth-order valence-corrected chi connectivity index (χ4v) is 4.88. The monoisotopic (exact) mass is 379 g/mol. The van der Waals surface area contributed by atoms with Gasteiger partial charge in [0.15, 0.2) is 0 Å². The molecule has 0 radical (unpaired) electrons. The average molecular weight is 380 g/mol. The summed E-state index contributed by atoms with van der Waals surface area (Å²) in [5.74, 6) is 1.05. The van der Waals surface area contributed by atoms with Gasteiger partial charge in [0.25, 0.3) is 0 Å². The number of rotatable bonds is 4.